The molecule has 1 amide bonds. The second kappa shape index (κ2) is 6.48. The van der Waals surface area contributed by atoms with E-state index in [0.29, 0.717) is 4.47 Å². The van der Waals surface area contributed by atoms with Gasteiger partial charge in [0.2, 0.25) is 0 Å². The van der Waals surface area contributed by atoms with Gasteiger partial charge in [0.25, 0.3) is 15.9 Å². The first kappa shape index (κ1) is 15.8. The Kier molecular flexibility index (Phi) is 4.88. The summed E-state index contributed by atoms with van der Waals surface area (Å²) in [5, 5.41) is 0.131. The van der Waals surface area contributed by atoms with Crippen molar-refractivity contribution >= 4 is 43.5 Å². The molecule has 2 aromatic rings. The van der Waals surface area contributed by atoms with Crippen LogP contribution in [0.4, 0.5) is 0 Å². The van der Waals surface area contributed by atoms with Crippen molar-refractivity contribution in [3.05, 3.63) is 52.0 Å². The molecule has 21 heavy (non-hydrogen) atoms. The molecule has 2 heterocycles. The van der Waals surface area contributed by atoms with Crippen molar-refractivity contribution in [1.29, 1.82) is 0 Å². The quantitative estimate of drug-likeness (QED) is 0.608. The number of hydrazine groups is 1. The van der Waals surface area contributed by atoms with Crippen LogP contribution in [0.3, 0.4) is 0 Å². The number of hydrogen-bond donors (Lipinski definition) is 2. The Labute approximate surface area is 133 Å². The number of carbonyl (C=O) groups is 1. The Hall–Kier alpha value is -1.55. The second-order valence-electron chi connectivity index (χ2n) is 3.72. The minimum absolute atomic E-state index is 0.0793. The van der Waals surface area contributed by atoms with Gasteiger partial charge in [-0.3, -0.25) is 15.2 Å². The van der Waals surface area contributed by atoms with Gasteiger partial charge in [-0.25, -0.2) is 13.4 Å². The molecule has 0 aromatic carbocycles. The molecule has 0 saturated carbocycles. The van der Waals surface area contributed by atoms with Gasteiger partial charge in [-0.05, 0) is 34.1 Å². The molecule has 0 aliphatic carbocycles. The lowest BCUT2D eigenvalue weighted by Crippen LogP contribution is -2.41. The molecule has 0 spiro atoms. The zero-order chi connectivity index (χ0) is 15.5. The van der Waals surface area contributed by atoms with E-state index in [-0.39, 0.29) is 15.7 Å². The highest BCUT2D eigenvalue weighted by atomic mass is 79.9. The number of sulfonamides is 1. The van der Waals surface area contributed by atoms with Crippen molar-refractivity contribution in [2.24, 2.45) is 0 Å². The zero-order valence-electron chi connectivity index (χ0n) is 10.2. The molecule has 2 rings (SSSR count). The van der Waals surface area contributed by atoms with Crippen LogP contribution >= 0.6 is 27.5 Å². The summed E-state index contributed by atoms with van der Waals surface area (Å²) in [7, 11) is -3.96. The zero-order valence-corrected chi connectivity index (χ0v) is 13.4. The summed E-state index contributed by atoms with van der Waals surface area (Å²) in [5.41, 5.74) is 2.14. The minimum Gasteiger partial charge on any atom is -0.272 e. The molecule has 0 aliphatic rings. The Morgan fingerprint density at radius 3 is 2.67 bits per heavy atom. The maximum absolute atomic E-state index is 12.0. The summed E-state index contributed by atoms with van der Waals surface area (Å²) >= 11 is 8.76. The molecule has 2 N–H and O–H groups in total. The summed E-state index contributed by atoms with van der Waals surface area (Å²) in [6.45, 7) is 0. The Morgan fingerprint density at radius 2 is 2.05 bits per heavy atom. The molecule has 0 atom stereocenters. The van der Waals surface area contributed by atoms with Crippen LogP contribution in [0.25, 0.3) is 0 Å². The van der Waals surface area contributed by atoms with Gasteiger partial charge in [0.1, 0.15) is 15.7 Å². The predicted octanol–water partition coefficient (Wildman–Crippen LogP) is 1.52. The van der Waals surface area contributed by atoms with Crippen molar-refractivity contribution in [3.63, 3.8) is 0 Å². The van der Waals surface area contributed by atoms with Crippen LogP contribution < -0.4 is 10.3 Å². The van der Waals surface area contributed by atoms with E-state index in [9.17, 15) is 13.2 Å². The molecule has 10 heteroatoms. The van der Waals surface area contributed by atoms with E-state index in [4.69, 9.17) is 11.6 Å². The van der Waals surface area contributed by atoms with Gasteiger partial charge < -0.3 is 0 Å². The number of hydrogen-bond acceptors (Lipinski definition) is 5. The first-order valence-corrected chi connectivity index (χ1v) is 8.10. The number of halogens is 2. The van der Waals surface area contributed by atoms with Crippen LogP contribution in [-0.2, 0) is 10.0 Å². The van der Waals surface area contributed by atoms with Crippen molar-refractivity contribution in [1.82, 2.24) is 20.2 Å². The van der Waals surface area contributed by atoms with E-state index in [1.165, 1.54) is 18.3 Å². The Morgan fingerprint density at radius 1 is 1.29 bits per heavy atom. The second-order valence-corrected chi connectivity index (χ2v) is 6.61. The Balaban J connectivity index is 2.11. The average molecular weight is 392 g/mol. The summed E-state index contributed by atoms with van der Waals surface area (Å²) in [6, 6.07) is 5.96. The fourth-order valence-corrected chi connectivity index (χ4v) is 2.70. The highest BCUT2D eigenvalue weighted by Crippen LogP contribution is 2.22. The summed E-state index contributed by atoms with van der Waals surface area (Å²) in [4.78, 5) is 21.0. The summed E-state index contributed by atoms with van der Waals surface area (Å²) in [5.74, 6) is -0.680. The molecule has 0 saturated heterocycles. The third-order valence-electron chi connectivity index (χ3n) is 2.28. The van der Waals surface area contributed by atoms with Crippen LogP contribution in [0.15, 0.2) is 46.0 Å². The van der Waals surface area contributed by atoms with Gasteiger partial charge in [0, 0.05) is 12.4 Å². The third kappa shape index (κ3) is 3.97. The van der Waals surface area contributed by atoms with Crippen molar-refractivity contribution < 1.29 is 13.2 Å². The van der Waals surface area contributed by atoms with E-state index in [1.807, 2.05) is 4.83 Å². The molecular formula is C11H8BrClN4O3S. The molecule has 0 radical (unpaired) electrons. The molecule has 0 fully saturated rings. The van der Waals surface area contributed by atoms with E-state index in [0.717, 1.165) is 6.20 Å². The number of nitrogens with one attached hydrogen (secondary N) is 2. The SMILES string of the molecule is O=C(NNS(=O)(=O)c1cnc(Cl)c(Br)c1)c1ccccn1. The lowest BCUT2D eigenvalue weighted by Gasteiger charge is -2.08. The monoisotopic (exact) mass is 390 g/mol. The molecular weight excluding hydrogens is 384 g/mol. The molecule has 0 unspecified atom stereocenters. The van der Waals surface area contributed by atoms with Gasteiger partial charge in [-0.1, -0.05) is 17.7 Å². The molecule has 7 nitrogen and oxygen atoms in total. The van der Waals surface area contributed by atoms with Crippen LogP contribution in [-0.4, -0.2) is 24.3 Å². The molecule has 0 bridgehead atoms. The fourth-order valence-electron chi connectivity index (χ4n) is 1.28. The number of nitrogens with zero attached hydrogens (tertiary/aromatic N) is 2. The Bertz CT molecular complexity index is 770. The normalized spacial score (nSPS) is 11.1. The first-order valence-electron chi connectivity index (χ1n) is 5.44. The van der Waals surface area contributed by atoms with Crippen LogP contribution in [0, 0.1) is 0 Å². The largest absolute Gasteiger partial charge is 0.284 e. The summed E-state index contributed by atoms with van der Waals surface area (Å²) < 4.78 is 24.3. The first-order chi connectivity index (χ1) is 9.90. The predicted molar refractivity (Wildman–Crippen MR) is 79.0 cm³/mol. The van der Waals surface area contributed by atoms with Crippen LogP contribution in [0.5, 0.6) is 0 Å². The van der Waals surface area contributed by atoms with Gasteiger partial charge in [-0.2, -0.15) is 0 Å². The van der Waals surface area contributed by atoms with Gasteiger partial charge in [-0.15, -0.1) is 4.83 Å². The number of carbonyl (C=O) groups excluding carboxylic acids is 1. The van der Waals surface area contributed by atoms with E-state index >= 15 is 0 Å². The van der Waals surface area contributed by atoms with Gasteiger partial charge in [0.05, 0.1) is 4.47 Å². The minimum atomic E-state index is -3.96. The molecule has 0 aliphatic heterocycles. The van der Waals surface area contributed by atoms with Crippen LogP contribution in [0.2, 0.25) is 5.15 Å². The van der Waals surface area contributed by atoms with E-state index in [1.54, 1.807) is 12.1 Å². The van der Waals surface area contributed by atoms with E-state index in [2.05, 4.69) is 31.3 Å². The number of amides is 1. The standard InChI is InChI=1S/C11H8BrClN4O3S/c12-8-5-7(6-15-10(8)13)21(19,20)17-16-11(18)9-3-1-2-4-14-9/h1-6,17H,(H,16,18). The highest BCUT2D eigenvalue weighted by molar-refractivity contribution is 9.10. The number of aromatic nitrogens is 2. The fraction of sp³-hybridized carbons (Fsp3) is 0. The lowest BCUT2D eigenvalue weighted by atomic mass is 10.3. The molecule has 2 aromatic heterocycles. The lowest BCUT2D eigenvalue weighted by molar-refractivity contribution is 0.0940. The smallest absolute Gasteiger partial charge is 0.272 e. The maximum atomic E-state index is 12.0. The van der Waals surface area contributed by atoms with E-state index < -0.39 is 15.9 Å². The van der Waals surface area contributed by atoms with Crippen molar-refractivity contribution in [2.75, 3.05) is 0 Å². The molecule has 110 valence electrons. The van der Waals surface area contributed by atoms with Crippen molar-refractivity contribution in [3.8, 4) is 0 Å². The van der Waals surface area contributed by atoms with Crippen LogP contribution in [0.1, 0.15) is 10.5 Å². The average Bonchev–Trinajstić information content (AvgIpc) is 2.48. The van der Waals surface area contributed by atoms with Gasteiger partial charge >= 0.3 is 0 Å². The van der Waals surface area contributed by atoms with Gasteiger partial charge in [0.15, 0.2) is 0 Å². The third-order valence-corrected chi connectivity index (χ3v) is 4.63. The highest BCUT2D eigenvalue weighted by Gasteiger charge is 2.17. The number of rotatable bonds is 4. The summed E-state index contributed by atoms with van der Waals surface area (Å²) in [6.07, 6.45) is 2.49. The maximum Gasteiger partial charge on any atom is 0.284 e. The number of pyridine rings is 2. The topological polar surface area (TPSA) is 101 Å². The van der Waals surface area contributed by atoms with Crippen molar-refractivity contribution in [2.45, 2.75) is 4.90 Å².